The zero-order valence-corrected chi connectivity index (χ0v) is 12.1. The molecule has 1 saturated carbocycles. The Kier molecular flexibility index (Phi) is 4.13. The number of hydrogen-bond donors (Lipinski definition) is 1. The molecule has 0 aliphatic heterocycles. The van der Waals surface area contributed by atoms with E-state index < -0.39 is 0 Å². The molecule has 3 nitrogen and oxygen atoms in total. The van der Waals surface area contributed by atoms with Gasteiger partial charge in [0.05, 0.1) is 0 Å². The van der Waals surface area contributed by atoms with Crippen molar-refractivity contribution < 1.29 is 4.79 Å². The number of Topliss-reactive ketones (excluding diaryl/α,β-unsaturated/α-hetero) is 1. The Bertz CT molecular complexity index is 470. The van der Waals surface area contributed by atoms with Gasteiger partial charge in [-0.3, -0.25) is 4.79 Å². The number of nitrogens with zero attached hydrogens (tertiary/aromatic N) is 1. The molecule has 1 aromatic rings. The van der Waals surface area contributed by atoms with Gasteiger partial charge in [-0.2, -0.15) is 0 Å². The highest BCUT2D eigenvalue weighted by molar-refractivity contribution is 6.00. The monoisotopic (exact) mass is 260 g/mol. The lowest BCUT2D eigenvalue weighted by Gasteiger charge is -2.35. The molecule has 0 aromatic heterocycles. The predicted octanol–water partition coefficient (Wildman–Crippen LogP) is 3.49. The molecular weight excluding hydrogens is 236 g/mol. The van der Waals surface area contributed by atoms with Crippen LogP contribution in [0.4, 0.5) is 11.4 Å². The Balaban J connectivity index is 2.21. The van der Waals surface area contributed by atoms with Gasteiger partial charge in [0, 0.05) is 30.0 Å². The molecule has 0 heterocycles. The second kappa shape index (κ2) is 5.64. The second-order valence-corrected chi connectivity index (χ2v) is 5.86. The van der Waals surface area contributed by atoms with Gasteiger partial charge in [0.15, 0.2) is 5.78 Å². The van der Waals surface area contributed by atoms with Gasteiger partial charge in [-0.05, 0) is 43.9 Å². The molecule has 0 radical (unpaired) electrons. The van der Waals surface area contributed by atoms with Gasteiger partial charge in [-0.1, -0.05) is 19.8 Å². The first-order valence-electron chi connectivity index (χ1n) is 7.12. The van der Waals surface area contributed by atoms with Crippen LogP contribution in [0, 0.1) is 5.92 Å². The molecule has 2 unspecified atom stereocenters. The average molecular weight is 260 g/mol. The lowest BCUT2D eigenvalue weighted by Crippen LogP contribution is -2.35. The van der Waals surface area contributed by atoms with Crippen molar-refractivity contribution in [2.24, 2.45) is 5.92 Å². The molecule has 1 aliphatic rings. The van der Waals surface area contributed by atoms with E-state index in [0.29, 0.717) is 17.3 Å². The Hall–Kier alpha value is -1.51. The minimum atomic E-state index is 0.0322. The van der Waals surface area contributed by atoms with Gasteiger partial charge in [-0.25, -0.2) is 0 Å². The van der Waals surface area contributed by atoms with Crippen LogP contribution < -0.4 is 10.6 Å². The Morgan fingerprint density at radius 1 is 1.37 bits per heavy atom. The molecule has 2 N–H and O–H groups in total. The highest BCUT2D eigenvalue weighted by Gasteiger charge is 2.23. The van der Waals surface area contributed by atoms with Crippen LogP contribution in [-0.2, 0) is 0 Å². The molecule has 0 bridgehead atoms. The maximum atomic E-state index is 11.6. The van der Waals surface area contributed by atoms with Crippen LogP contribution in [-0.4, -0.2) is 18.9 Å². The van der Waals surface area contributed by atoms with Crippen LogP contribution in [0.1, 0.15) is 49.9 Å². The van der Waals surface area contributed by atoms with Crippen molar-refractivity contribution in [1.29, 1.82) is 0 Å². The third-order valence-corrected chi connectivity index (χ3v) is 4.28. The van der Waals surface area contributed by atoms with E-state index in [-0.39, 0.29) is 5.78 Å². The fourth-order valence-corrected chi connectivity index (χ4v) is 3.03. The molecule has 0 saturated heterocycles. The minimum Gasteiger partial charge on any atom is -0.398 e. The summed E-state index contributed by atoms with van der Waals surface area (Å²) in [5, 5.41) is 0. The lowest BCUT2D eigenvalue weighted by atomic mass is 9.86. The highest BCUT2D eigenvalue weighted by Crippen LogP contribution is 2.30. The Labute approximate surface area is 115 Å². The van der Waals surface area contributed by atoms with Crippen molar-refractivity contribution in [3.63, 3.8) is 0 Å². The minimum absolute atomic E-state index is 0.0322. The number of ketones is 1. The van der Waals surface area contributed by atoms with Crippen LogP contribution in [0.25, 0.3) is 0 Å². The van der Waals surface area contributed by atoms with Gasteiger partial charge >= 0.3 is 0 Å². The maximum Gasteiger partial charge on any atom is 0.161 e. The Morgan fingerprint density at radius 3 is 2.74 bits per heavy atom. The van der Waals surface area contributed by atoms with Gasteiger partial charge in [0.25, 0.3) is 0 Å². The van der Waals surface area contributed by atoms with E-state index in [1.807, 2.05) is 18.2 Å². The van der Waals surface area contributed by atoms with E-state index in [1.165, 1.54) is 25.7 Å². The van der Waals surface area contributed by atoms with Crippen LogP contribution >= 0.6 is 0 Å². The van der Waals surface area contributed by atoms with Crippen LogP contribution in [0.15, 0.2) is 18.2 Å². The summed E-state index contributed by atoms with van der Waals surface area (Å²) >= 11 is 0. The largest absolute Gasteiger partial charge is 0.398 e. The summed E-state index contributed by atoms with van der Waals surface area (Å²) in [6.07, 6.45) is 5.10. The summed E-state index contributed by atoms with van der Waals surface area (Å²) in [5.74, 6) is 0.826. The summed E-state index contributed by atoms with van der Waals surface area (Å²) in [6, 6.07) is 6.36. The SMILES string of the molecule is CC(=O)c1cc(N(C)C2CCCC(C)C2)ccc1N. The molecule has 1 aromatic carbocycles. The number of anilines is 2. The van der Waals surface area contributed by atoms with Crippen molar-refractivity contribution in [3.8, 4) is 0 Å². The van der Waals surface area contributed by atoms with Gasteiger partial charge < -0.3 is 10.6 Å². The fourth-order valence-electron chi connectivity index (χ4n) is 3.03. The average Bonchev–Trinajstić information content (AvgIpc) is 2.38. The maximum absolute atomic E-state index is 11.6. The zero-order valence-electron chi connectivity index (χ0n) is 12.1. The molecule has 3 heteroatoms. The molecule has 1 aliphatic carbocycles. The third kappa shape index (κ3) is 3.09. The molecule has 0 amide bonds. The second-order valence-electron chi connectivity index (χ2n) is 5.86. The van der Waals surface area contributed by atoms with Crippen LogP contribution in [0.5, 0.6) is 0 Å². The molecule has 0 spiro atoms. The van der Waals surface area contributed by atoms with Crippen molar-refractivity contribution in [1.82, 2.24) is 0 Å². The molecule has 1 fully saturated rings. The van der Waals surface area contributed by atoms with Crippen molar-refractivity contribution in [2.45, 2.75) is 45.6 Å². The number of carbonyl (C=O) groups excluding carboxylic acids is 1. The zero-order chi connectivity index (χ0) is 14.0. The Morgan fingerprint density at radius 2 is 2.11 bits per heavy atom. The van der Waals surface area contributed by atoms with E-state index in [9.17, 15) is 4.79 Å². The number of rotatable bonds is 3. The lowest BCUT2D eigenvalue weighted by molar-refractivity contribution is 0.101. The first kappa shape index (κ1) is 13.9. The first-order chi connectivity index (χ1) is 8.99. The van der Waals surface area contributed by atoms with E-state index in [1.54, 1.807) is 6.92 Å². The van der Waals surface area contributed by atoms with Crippen LogP contribution in [0.2, 0.25) is 0 Å². The number of benzene rings is 1. The van der Waals surface area contributed by atoms with E-state index in [2.05, 4.69) is 18.9 Å². The smallest absolute Gasteiger partial charge is 0.161 e. The molecule has 2 rings (SSSR count). The standard InChI is InChI=1S/C16H24N2O/c1-11-5-4-6-13(9-11)18(3)14-7-8-16(17)15(10-14)12(2)19/h7-8,10-11,13H,4-6,9,17H2,1-3H3. The van der Waals surface area contributed by atoms with Crippen molar-refractivity contribution in [2.75, 3.05) is 17.7 Å². The first-order valence-corrected chi connectivity index (χ1v) is 7.12. The molecular formula is C16H24N2O. The molecule has 2 atom stereocenters. The van der Waals surface area contributed by atoms with E-state index in [0.717, 1.165) is 11.6 Å². The van der Waals surface area contributed by atoms with Crippen LogP contribution in [0.3, 0.4) is 0 Å². The summed E-state index contributed by atoms with van der Waals surface area (Å²) in [7, 11) is 2.12. The van der Waals surface area contributed by atoms with E-state index >= 15 is 0 Å². The number of hydrogen-bond acceptors (Lipinski definition) is 3. The van der Waals surface area contributed by atoms with E-state index in [4.69, 9.17) is 5.73 Å². The van der Waals surface area contributed by atoms with Crippen molar-refractivity contribution >= 4 is 17.2 Å². The molecule has 19 heavy (non-hydrogen) atoms. The fraction of sp³-hybridized carbons (Fsp3) is 0.562. The third-order valence-electron chi connectivity index (χ3n) is 4.28. The number of nitrogens with two attached hydrogens (primary N) is 1. The number of nitrogen functional groups attached to an aromatic ring is 1. The summed E-state index contributed by atoms with van der Waals surface area (Å²) in [5.41, 5.74) is 8.15. The quantitative estimate of drug-likeness (QED) is 0.668. The van der Waals surface area contributed by atoms with Gasteiger partial charge in [0.2, 0.25) is 0 Å². The normalized spacial score (nSPS) is 23.1. The number of carbonyl (C=O) groups is 1. The summed E-state index contributed by atoms with van der Waals surface area (Å²) in [6.45, 7) is 3.89. The summed E-state index contributed by atoms with van der Waals surface area (Å²) in [4.78, 5) is 13.9. The van der Waals surface area contributed by atoms with Gasteiger partial charge in [0.1, 0.15) is 0 Å². The molecule has 104 valence electrons. The predicted molar refractivity (Wildman–Crippen MR) is 80.7 cm³/mol. The highest BCUT2D eigenvalue weighted by atomic mass is 16.1. The van der Waals surface area contributed by atoms with Gasteiger partial charge in [-0.15, -0.1) is 0 Å². The topological polar surface area (TPSA) is 46.3 Å². The summed E-state index contributed by atoms with van der Waals surface area (Å²) < 4.78 is 0. The van der Waals surface area contributed by atoms with Crippen molar-refractivity contribution in [3.05, 3.63) is 23.8 Å².